The summed E-state index contributed by atoms with van der Waals surface area (Å²) in [5.41, 5.74) is 2.30. The smallest absolute Gasteiger partial charge is 0.232 e. The van der Waals surface area contributed by atoms with Gasteiger partial charge in [0.1, 0.15) is 18.2 Å². The van der Waals surface area contributed by atoms with Crippen molar-refractivity contribution in [1.82, 2.24) is 5.32 Å². The summed E-state index contributed by atoms with van der Waals surface area (Å²) in [5, 5.41) is 2.83. The number of anilines is 1. The summed E-state index contributed by atoms with van der Waals surface area (Å²) in [7, 11) is -3.67. The molecular weight excluding hydrogens is 407 g/mol. The Balaban J connectivity index is 1.82. The second-order valence-electron chi connectivity index (χ2n) is 7.42. The summed E-state index contributed by atoms with van der Waals surface area (Å²) in [6, 6.07) is 11.3. The van der Waals surface area contributed by atoms with E-state index in [1.165, 1.54) is 23.8 Å². The monoisotopic (exact) mass is 436 g/mol. The number of nitrogens with one attached hydrogen (secondary N) is 1. The highest BCUT2D eigenvalue weighted by Crippen LogP contribution is 2.22. The Bertz CT molecular complexity index is 979. The average Bonchev–Trinajstić information content (AvgIpc) is 2.66. The van der Waals surface area contributed by atoms with E-state index in [4.69, 9.17) is 4.74 Å². The summed E-state index contributed by atoms with van der Waals surface area (Å²) in [6.07, 6.45) is 1.40. The molecule has 1 N–H and O–H groups in total. The number of hydrogen-bond donors (Lipinski definition) is 1. The maximum atomic E-state index is 14.0. The molecule has 0 aliphatic heterocycles. The zero-order chi connectivity index (χ0) is 22.3. The molecule has 2 aromatic rings. The van der Waals surface area contributed by atoms with Gasteiger partial charge >= 0.3 is 0 Å². The minimum absolute atomic E-state index is 0.0146. The molecule has 2 aromatic carbocycles. The summed E-state index contributed by atoms with van der Waals surface area (Å²) < 4.78 is 44.8. The van der Waals surface area contributed by atoms with E-state index in [2.05, 4.69) is 5.32 Å². The predicted octanol–water partition coefficient (Wildman–Crippen LogP) is 3.57. The third-order valence-corrected chi connectivity index (χ3v) is 5.85. The third kappa shape index (κ3) is 7.02. The molecule has 0 unspecified atom stereocenters. The molecule has 6 nitrogen and oxygen atoms in total. The van der Waals surface area contributed by atoms with Crippen LogP contribution in [0.15, 0.2) is 42.5 Å². The highest BCUT2D eigenvalue weighted by atomic mass is 32.2. The van der Waals surface area contributed by atoms with E-state index in [9.17, 15) is 17.6 Å². The van der Waals surface area contributed by atoms with E-state index in [1.807, 2.05) is 39.0 Å². The first-order chi connectivity index (χ1) is 14.1. The number of nitrogens with zero attached hydrogens (tertiary/aromatic N) is 1. The number of rotatable bonds is 10. The first-order valence-corrected chi connectivity index (χ1v) is 11.6. The van der Waals surface area contributed by atoms with Crippen molar-refractivity contribution in [1.29, 1.82) is 0 Å². The molecule has 0 aromatic heterocycles. The fourth-order valence-corrected chi connectivity index (χ4v) is 3.88. The molecule has 1 amide bonds. The van der Waals surface area contributed by atoms with Gasteiger partial charge in [0.2, 0.25) is 15.9 Å². The zero-order valence-corrected chi connectivity index (χ0v) is 18.6. The maximum absolute atomic E-state index is 14.0. The molecule has 0 saturated carbocycles. The van der Waals surface area contributed by atoms with Crippen LogP contribution in [0.4, 0.5) is 10.1 Å². The number of carbonyl (C=O) groups is 1. The molecule has 0 spiro atoms. The summed E-state index contributed by atoms with van der Waals surface area (Å²) >= 11 is 0. The normalized spacial score (nSPS) is 12.3. The Labute approximate surface area is 178 Å². The van der Waals surface area contributed by atoms with Gasteiger partial charge in [0.05, 0.1) is 18.0 Å². The van der Waals surface area contributed by atoms with Crippen molar-refractivity contribution in [3.63, 3.8) is 0 Å². The lowest BCUT2D eigenvalue weighted by Gasteiger charge is -2.23. The van der Waals surface area contributed by atoms with Gasteiger partial charge in [-0.2, -0.15) is 0 Å². The van der Waals surface area contributed by atoms with Gasteiger partial charge in [-0.15, -0.1) is 0 Å². The van der Waals surface area contributed by atoms with Gasteiger partial charge in [-0.25, -0.2) is 12.8 Å². The van der Waals surface area contributed by atoms with E-state index in [0.29, 0.717) is 6.61 Å². The van der Waals surface area contributed by atoms with Crippen LogP contribution >= 0.6 is 0 Å². The molecule has 2 rings (SSSR count). The van der Waals surface area contributed by atoms with Crippen LogP contribution < -0.4 is 14.4 Å². The van der Waals surface area contributed by atoms with E-state index in [-0.39, 0.29) is 37.0 Å². The lowest BCUT2D eigenvalue weighted by atomic mass is 10.1. The highest BCUT2D eigenvalue weighted by Gasteiger charge is 2.20. The molecule has 164 valence electrons. The summed E-state index contributed by atoms with van der Waals surface area (Å²) in [6.45, 7) is 6.20. The first-order valence-electron chi connectivity index (χ1n) is 9.79. The lowest BCUT2D eigenvalue weighted by Crippen LogP contribution is -2.37. The topological polar surface area (TPSA) is 75.7 Å². The number of benzene rings is 2. The first kappa shape index (κ1) is 23.7. The molecule has 0 radical (unpaired) electrons. The molecule has 0 aliphatic rings. The Morgan fingerprint density at radius 1 is 1.17 bits per heavy atom. The standard InChI is InChI=1S/C22H29FN2O4S/c1-16-11-12-19(14-17(16)2)29-15-18(3)24-22(26)10-7-13-25(30(4,27)28)21-9-6-5-8-20(21)23/h5-6,8-9,11-12,14,18H,7,10,13,15H2,1-4H3,(H,24,26)/t18-/m0/s1. The minimum Gasteiger partial charge on any atom is -0.491 e. The Morgan fingerprint density at radius 2 is 1.87 bits per heavy atom. The molecule has 0 saturated heterocycles. The van der Waals surface area contributed by atoms with Crippen molar-refractivity contribution in [3.05, 3.63) is 59.4 Å². The van der Waals surface area contributed by atoms with Crippen LogP contribution in [0.5, 0.6) is 5.75 Å². The highest BCUT2D eigenvalue weighted by molar-refractivity contribution is 7.92. The van der Waals surface area contributed by atoms with E-state index in [0.717, 1.165) is 21.9 Å². The number of sulfonamides is 1. The van der Waals surface area contributed by atoms with Crippen LogP contribution in [0.1, 0.15) is 30.9 Å². The van der Waals surface area contributed by atoms with Gasteiger partial charge in [0, 0.05) is 13.0 Å². The number of carbonyl (C=O) groups excluding carboxylic acids is 1. The van der Waals surface area contributed by atoms with Crippen molar-refractivity contribution in [2.75, 3.05) is 23.7 Å². The SMILES string of the molecule is Cc1ccc(OC[C@H](C)NC(=O)CCCN(c2ccccc2F)S(C)(=O)=O)cc1C. The van der Waals surface area contributed by atoms with Crippen molar-refractivity contribution < 1.29 is 22.3 Å². The largest absolute Gasteiger partial charge is 0.491 e. The van der Waals surface area contributed by atoms with Crippen molar-refractivity contribution in [2.24, 2.45) is 0 Å². The number of aryl methyl sites for hydroxylation is 2. The van der Waals surface area contributed by atoms with E-state index in [1.54, 1.807) is 6.07 Å². The van der Waals surface area contributed by atoms with Crippen molar-refractivity contribution in [2.45, 2.75) is 39.7 Å². The van der Waals surface area contributed by atoms with Crippen LogP contribution in [-0.4, -0.2) is 39.8 Å². The van der Waals surface area contributed by atoms with Gasteiger partial charge in [0.25, 0.3) is 0 Å². The van der Waals surface area contributed by atoms with Gasteiger partial charge in [-0.05, 0) is 62.6 Å². The van der Waals surface area contributed by atoms with Crippen LogP contribution in [0.3, 0.4) is 0 Å². The van der Waals surface area contributed by atoms with Crippen LogP contribution in [-0.2, 0) is 14.8 Å². The molecule has 0 aliphatic carbocycles. The number of halogens is 1. The maximum Gasteiger partial charge on any atom is 0.232 e. The Morgan fingerprint density at radius 3 is 2.50 bits per heavy atom. The van der Waals surface area contributed by atoms with Gasteiger partial charge in [-0.3, -0.25) is 9.10 Å². The molecule has 0 bridgehead atoms. The zero-order valence-electron chi connectivity index (χ0n) is 17.8. The Kier molecular flexibility index (Phi) is 8.23. The molecule has 0 fully saturated rings. The van der Waals surface area contributed by atoms with E-state index >= 15 is 0 Å². The van der Waals surface area contributed by atoms with Gasteiger partial charge in [0.15, 0.2) is 0 Å². The summed E-state index contributed by atoms with van der Waals surface area (Å²) in [5.74, 6) is -0.0921. The van der Waals surface area contributed by atoms with Crippen LogP contribution in [0.2, 0.25) is 0 Å². The number of para-hydroxylation sites is 1. The number of amides is 1. The molecule has 8 heteroatoms. The summed E-state index contributed by atoms with van der Waals surface area (Å²) in [4.78, 5) is 12.2. The molecule has 1 atom stereocenters. The Hall–Kier alpha value is -2.61. The van der Waals surface area contributed by atoms with Crippen molar-refractivity contribution >= 4 is 21.6 Å². The predicted molar refractivity (Wildman–Crippen MR) is 117 cm³/mol. The van der Waals surface area contributed by atoms with Gasteiger partial charge in [-0.1, -0.05) is 18.2 Å². The fraction of sp³-hybridized carbons (Fsp3) is 0.409. The average molecular weight is 437 g/mol. The molecular formula is C22H29FN2O4S. The quantitative estimate of drug-likeness (QED) is 0.618. The van der Waals surface area contributed by atoms with E-state index < -0.39 is 15.8 Å². The lowest BCUT2D eigenvalue weighted by molar-refractivity contribution is -0.121. The van der Waals surface area contributed by atoms with Crippen LogP contribution in [0, 0.1) is 19.7 Å². The second kappa shape index (κ2) is 10.4. The minimum atomic E-state index is -3.67. The third-order valence-electron chi connectivity index (χ3n) is 4.67. The van der Waals surface area contributed by atoms with Crippen LogP contribution in [0.25, 0.3) is 0 Å². The van der Waals surface area contributed by atoms with Gasteiger partial charge < -0.3 is 10.1 Å². The fourth-order valence-electron chi connectivity index (χ4n) is 2.92. The molecule has 30 heavy (non-hydrogen) atoms. The molecule has 0 heterocycles. The van der Waals surface area contributed by atoms with Crippen molar-refractivity contribution in [3.8, 4) is 5.75 Å². The number of hydrogen-bond acceptors (Lipinski definition) is 4. The second-order valence-corrected chi connectivity index (χ2v) is 9.32. The number of ether oxygens (including phenoxy) is 1.